The van der Waals surface area contributed by atoms with Gasteiger partial charge in [-0.1, -0.05) is 167 Å². The number of ether oxygens (including phenoxy) is 2. The summed E-state index contributed by atoms with van der Waals surface area (Å²) in [6.45, 7) is 25.6. The van der Waals surface area contributed by atoms with Gasteiger partial charge in [0.25, 0.3) is 0 Å². The summed E-state index contributed by atoms with van der Waals surface area (Å²) in [5, 5.41) is 22.4. The van der Waals surface area contributed by atoms with Crippen LogP contribution in [0.1, 0.15) is 114 Å². The van der Waals surface area contributed by atoms with Gasteiger partial charge in [-0.15, -0.1) is 0 Å². The second kappa shape index (κ2) is 25.7. The number of aromatic hydroxyl groups is 2. The molecule has 0 bridgehead atoms. The van der Waals surface area contributed by atoms with E-state index in [1.165, 1.54) is 12.2 Å². The van der Waals surface area contributed by atoms with Gasteiger partial charge in [0.1, 0.15) is 36.1 Å². The molecule has 0 aromatic heterocycles. The van der Waals surface area contributed by atoms with Gasteiger partial charge in [0.15, 0.2) is 34.8 Å². The van der Waals surface area contributed by atoms with Crippen LogP contribution in [0.3, 0.4) is 0 Å². The first-order valence-corrected chi connectivity index (χ1v) is 27.4. The zero-order chi connectivity index (χ0) is 56.4. The normalized spacial score (nSPS) is 11.9. The van der Waals surface area contributed by atoms with Crippen molar-refractivity contribution in [3.63, 3.8) is 0 Å². The number of nitrogens with zero attached hydrogens (tertiary/aromatic N) is 2. The molecule has 75 heavy (non-hydrogen) atoms. The van der Waals surface area contributed by atoms with E-state index in [-0.39, 0.29) is 46.7 Å². The van der Waals surface area contributed by atoms with Crippen LogP contribution < -0.4 is 9.47 Å². The van der Waals surface area contributed by atoms with Gasteiger partial charge in [-0.3, -0.25) is 0 Å². The third-order valence-corrected chi connectivity index (χ3v) is 12.1. The van der Waals surface area contributed by atoms with Gasteiger partial charge in [0.05, 0.1) is 0 Å². The average molecular weight is 1120 g/mol. The van der Waals surface area contributed by atoms with Crippen LogP contribution in [0.2, 0.25) is 0 Å². The predicted octanol–water partition coefficient (Wildman–Crippen LogP) is 17.2. The fraction of sp³-hybridized carbons (Fsp3) is 0.276. The maximum absolute atomic E-state index is 14.6. The van der Waals surface area contributed by atoms with Gasteiger partial charge < -0.3 is 19.7 Å². The van der Waals surface area contributed by atoms with Gasteiger partial charge in [-0.05, 0) is 45.2 Å². The molecule has 6 aromatic rings. The number of benzene rings is 6. The molecule has 0 aliphatic rings. The molecule has 0 saturated carbocycles. The predicted molar refractivity (Wildman–Crippen MR) is 281 cm³/mol. The zero-order valence-corrected chi connectivity index (χ0v) is 46.2. The molecule has 0 atom stereocenters. The second-order valence-electron chi connectivity index (χ2n) is 20.1. The van der Waals surface area contributed by atoms with Crippen molar-refractivity contribution >= 4 is 42.4 Å². The number of halogens is 10. The van der Waals surface area contributed by atoms with Crippen LogP contribution in [0.4, 0.5) is 46.5 Å². The van der Waals surface area contributed by atoms with E-state index in [0.717, 1.165) is 34.7 Å². The van der Waals surface area contributed by atoms with E-state index >= 15 is 0 Å². The van der Waals surface area contributed by atoms with Crippen molar-refractivity contribution in [2.45, 2.75) is 90.9 Å². The third-order valence-electron chi connectivity index (χ3n) is 12.1. The number of phenols is 2. The standard InChI is InChI=1S/2C29H29F4NO2.2ClH.Ti/c2*1-7-13-36-27-23(32)21(30)25(22(31)24(27)33)34-16-17-14-19(28(2,3)4)15-20(26(17)35)29(5,6)18-11-9-8-10-12-18;;;/h2*7-12,14-16,35H,1,13H2,2-6H3;2*1H;/q;;;;+2/p-2. The fourth-order valence-electron chi connectivity index (χ4n) is 7.58. The Morgan fingerprint density at radius 1 is 0.480 bits per heavy atom. The Morgan fingerprint density at radius 2 is 0.760 bits per heavy atom. The molecule has 0 spiro atoms. The molecule has 398 valence electrons. The molecule has 0 aliphatic carbocycles. The molecule has 0 radical (unpaired) electrons. The van der Waals surface area contributed by atoms with Crippen LogP contribution in [0.25, 0.3) is 0 Å². The van der Waals surface area contributed by atoms with Crippen LogP contribution in [-0.4, -0.2) is 35.9 Å². The van der Waals surface area contributed by atoms with Crippen molar-refractivity contribution in [3.05, 3.63) is 201 Å². The fourth-order valence-corrected chi connectivity index (χ4v) is 7.58. The molecule has 6 aromatic carbocycles. The summed E-state index contributed by atoms with van der Waals surface area (Å²) in [4.78, 5) is 7.42. The maximum atomic E-state index is 14.6. The Kier molecular flexibility index (Phi) is 21.2. The molecule has 6 rings (SSSR count). The molecule has 0 saturated heterocycles. The van der Waals surface area contributed by atoms with Gasteiger partial charge in [0.2, 0.25) is 23.3 Å². The average Bonchev–Trinajstić information content (AvgIpc) is 3.36. The monoisotopic (exact) mass is 1120 g/mol. The van der Waals surface area contributed by atoms with Gasteiger partial charge in [-0.25, -0.2) is 27.5 Å². The topological polar surface area (TPSA) is 83.6 Å². The molecule has 0 amide bonds. The summed E-state index contributed by atoms with van der Waals surface area (Å²) in [6, 6.07) is 26.1. The van der Waals surface area contributed by atoms with Crippen molar-refractivity contribution in [1.29, 1.82) is 0 Å². The van der Waals surface area contributed by atoms with Crippen LogP contribution in [0, 0.1) is 46.5 Å². The SMILES string of the molecule is C=CCOc1c(F)c(F)c(N=Cc2cc(C(C)(C)C)cc(C(C)(C)c3ccccc3)c2O)c(F)c1F.C=CCOc1c(F)c(F)c(N=Cc2cc(C(C)(C)C)cc(C(C)(C)c3ccccc3)c2O)c(F)c1F.[Cl][Ti][Cl]. The zero-order valence-electron chi connectivity index (χ0n) is 43.1. The quantitative estimate of drug-likeness (QED) is 0.0374. The molecule has 17 heteroatoms. The first-order chi connectivity index (χ1) is 35.0. The molecule has 6 nitrogen and oxygen atoms in total. The van der Waals surface area contributed by atoms with Gasteiger partial charge in [-0.2, -0.15) is 17.6 Å². The van der Waals surface area contributed by atoms with E-state index in [0.29, 0.717) is 11.1 Å². The third kappa shape index (κ3) is 14.3. The van der Waals surface area contributed by atoms with Crippen molar-refractivity contribution in [3.8, 4) is 23.0 Å². The van der Waals surface area contributed by atoms with E-state index in [9.17, 15) is 45.3 Å². The number of phenolic OH excluding ortho intramolecular Hbond substituents is 2. The number of hydrogen-bond donors (Lipinski definition) is 2. The Bertz CT molecular complexity index is 2800. The van der Waals surface area contributed by atoms with Gasteiger partial charge in [0, 0.05) is 45.5 Å². The van der Waals surface area contributed by atoms with Gasteiger partial charge >= 0.3 is 35.6 Å². The molecular formula is C58H58Cl2F8N2O4Ti. The van der Waals surface area contributed by atoms with E-state index in [4.69, 9.17) is 28.1 Å². The molecule has 0 heterocycles. The second-order valence-corrected chi connectivity index (χ2v) is 22.6. The Hall–Kier alpha value is -5.93. The van der Waals surface area contributed by atoms with E-state index < -0.39 is 97.3 Å². The summed E-state index contributed by atoms with van der Waals surface area (Å²) in [6.07, 6.45) is 4.36. The van der Waals surface area contributed by atoms with Crippen LogP contribution >= 0.6 is 18.6 Å². The number of aliphatic imine (C=N–C) groups is 2. The number of hydrogen-bond acceptors (Lipinski definition) is 6. The van der Waals surface area contributed by atoms with Crippen LogP contribution in [0.15, 0.2) is 120 Å². The summed E-state index contributed by atoms with van der Waals surface area (Å²) in [5.74, 6) is -16.4. The summed E-state index contributed by atoms with van der Waals surface area (Å²) >= 11 is -0.556. The molecule has 2 N–H and O–H groups in total. The first kappa shape index (κ1) is 61.6. The minimum absolute atomic E-state index is 0.146. The Morgan fingerprint density at radius 3 is 1.01 bits per heavy atom. The molecule has 0 unspecified atom stereocenters. The number of rotatable bonds is 14. The summed E-state index contributed by atoms with van der Waals surface area (Å²) in [7, 11) is 9.78. The van der Waals surface area contributed by atoms with Crippen molar-refractivity contribution in [2.24, 2.45) is 9.98 Å². The van der Waals surface area contributed by atoms with Crippen LogP contribution in [-0.2, 0) is 38.7 Å². The Balaban J connectivity index is 0.000000308. The van der Waals surface area contributed by atoms with Crippen molar-refractivity contribution in [2.75, 3.05) is 13.2 Å². The Labute approximate surface area is 450 Å². The van der Waals surface area contributed by atoms with E-state index in [2.05, 4.69) is 23.1 Å². The first-order valence-electron chi connectivity index (χ1n) is 23.1. The van der Waals surface area contributed by atoms with E-state index in [1.807, 2.05) is 142 Å². The molecule has 0 fully saturated rings. The summed E-state index contributed by atoms with van der Waals surface area (Å²) < 4.78 is 126. The molecule has 0 aliphatic heterocycles. The van der Waals surface area contributed by atoms with E-state index in [1.54, 1.807) is 12.1 Å². The summed E-state index contributed by atoms with van der Waals surface area (Å²) in [5.41, 5.74) is 0.621. The van der Waals surface area contributed by atoms with Crippen molar-refractivity contribution in [1.82, 2.24) is 0 Å². The van der Waals surface area contributed by atoms with Crippen LogP contribution in [0.5, 0.6) is 23.0 Å². The molecular weight excluding hydrogens is 1060 g/mol. The van der Waals surface area contributed by atoms with Crippen molar-refractivity contribution < 1.29 is 71.8 Å². The minimum atomic E-state index is -1.71.